The maximum atomic E-state index is 11.8. The van der Waals surface area contributed by atoms with E-state index in [1.54, 1.807) is 18.8 Å². The molecule has 4 nitrogen and oxygen atoms in total. The molecule has 0 bridgehead atoms. The van der Waals surface area contributed by atoms with Crippen molar-refractivity contribution in [1.82, 2.24) is 4.90 Å². The Morgan fingerprint density at radius 1 is 1.22 bits per heavy atom. The van der Waals surface area contributed by atoms with Crippen molar-refractivity contribution in [2.24, 2.45) is 16.7 Å². The third-order valence-corrected chi connectivity index (χ3v) is 5.32. The Balaban J connectivity index is 0. The Kier molecular flexibility index (Phi) is 13.9. The van der Waals surface area contributed by atoms with Gasteiger partial charge < -0.3 is 18.6 Å². The number of carbonyl (C=O) groups is 3. The second-order valence-corrected chi connectivity index (χ2v) is 10.4. The van der Waals surface area contributed by atoms with Crippen molar-refractivity contribution in [3.63, 3.8) is 0 Å². The topological polar surface area (TPSA) is 54.5 Å². The summed E-state index contributed by atoms with van der Waals surface area (Å²) in [5.74, 6) is 1.01. The monoisotopic (exact) mass is 472 g/mol. The van der Waals surface area contributed by atoms with E-state index in [9.17, 15) is 14.4 Å². The predicted octanol–water partition coefficient (Wildman–Crippen LogP) is 4.58. The van der Waals surface area contributed by atoms with Crippen LogP contribution in [0.3, 0.4) is 0 Å². The molecule has 0 N–H and O–H groups in total. The largest absolute Gasteiger partial charge is 0.343 e. The Labute approximate surface area is 196 Å². The van der Waals surface area contributed by atoms with Gasteiger partial charge in [0.15, 0.2) is 0 Å². The molecule has 27 heavy (non-hydrogen) atoms. The summed E-state index contributed by atoms with van der Waals surface area (Å²) in [4.78, 5) is 35.5. The normalized spacial score (nSPS) is 18.6. The molecule has 1 rings (SSSR count). The van der Waals surface area contributed by atoms with Crippen LogP contribution in [-0.4, -0.2) is 40.5 Å². The van der Waals surface area contributed by atoms with Gasteiger partial charge in [0, 0.05) is 51.6 Å². The number of Topliss-reactive ketones (excluding diaryl/α,β-unsaturated/α-hetero) is 1. The zero-order valence-electron chi connectivity index (χ0n) is 18.3. The molecule has 1 heterocycles. The minimum atomic E-state index is -0.252. The average molecular weight is 473 g/mol. The van der Waals surface area contributed by atoms with Crippen LogP contribution in [0, 0.1) is 30.6 Å². The molecule has 155 valence electrons. The molecule has 0 aliphatic carbocycles. The van der Waals surface area contributed by atoms with E-state index in [0.29, 0.717) is 6.42 Å². The molecule has 1 aliphatic rings. The molecule has 0 aromatic carbocycles. The number of hydrogen-bond donors (Lipinski definition) is 0. The van der Waals surface area contributed by atoms with Crippen LogP contribution in [-0.2, 0) is 47.1 Å². The fourth-order valence-electron chi connectivity index (χ4n) is 2.62. The predicted molar refractivity (Wildman–Crippen MR) is 111 cm³/mol. The maximum Gasteiger partial charge on any atom is 0.242 e. The van der Waals surface area contributed by atoms with Crippen LogP contribution in [0.25, 0.3) is 0 Å². The number of amides is 2. The first-order valence-electron chi connectivity index (χ1n) is 9.29. The standard InChI is InChI=1S/C12H23O.C9H14NO2S.Y/c1-9(8-11(2,3)4)10(13)12(5,6)7;1-3-4-5-13-7-6-8(11)10(2)9(7)12;/h9H,1,8H2,2-7H3;7H,1,3-6H2,2H3;/q2*-1;. The Hall–Kier alpha value is 0.264. The molecular weight excluding hydrogens is 435 g/mol. The summed E-state index contributed by atoms with van der Waals surface area (Å²) in [5.41, 5.74) is -0.0645. The summed E-state index contributed by atoms with van der Waals surface area (Å²) in [7, 11) is 1.55. The molecule has 1 fully saturated rings. The van der Waals surface area contributed by atoms with Gasteiger partial charge >= 0.3 is 0 Å². The van der Waals surface area contributed by atoms with Gasteiger partial charge in [-0.2, -0.15) is 6.42 Å². The second-order valence-electron chi connectivity index (χ2n) is 9.14. The third kappa shape index (κ3) is 11.8. The van der Waals surface area contributed by atoms with Crippen molar-refractivity contribution in [2.75, 3.05) is 12.8 Å². The van der Waals surface area contributed by atoms with Gasteiger partial charge in [-0.15, -0.1) is 17.7 Å². The van der Waals surface area contributed by atoms with Crippen molar-refractivity contribution < 1.29 is 47.1 Å². The first kappa shape index (κ1) is 29.5. The fraction of sp³-hybridized carbons (Fsp3) is 0.762. The van der Waals surface area contributed by atoms with Crippen LogP contribution in [0.1, 0.15) is 67.2 Å². The quantitative estimate of drug-likeness (QED) is 0.323. The molecule has 1 saturated heterocycles. The van der Waals surface area contributed by atoms with Gasteiger partial charge in [0.2, 0.25) is 11.8 Å². The minimum Gasteiger partial charge on any atom is -0.343 e. The van der Waals surface area contributed by atoms with Crippen molar-refractivity contribution in [1.29, 1.82) is 0 Å². The zero-order chi connectivity index (χ0) is 20.7. The van der Waals surface area contributed by atoms with Crippen LogP contribution in [0.15, 0.2) is 0 Å². The maximum absolute atomic E-state index is 11.8. The summed E-state index contributed by atoms with van der Waals surface area (Å²) < 4.78 is 0. The average Bonchev–Trinajstić information content (AvgIpc) is 2.72. The smallest absolute Gasteiger partial charge is 0.242 e. The molecule has 1 aliphatic heterocycles. The van der Waals surface area contributed by atoms with Gasteiger partial charge in [0.1, 0.15) is 5.78 Å². The second kappa shape index (κ2) is 12.7. The molecule has 1 radical (unpaired) electrons. The van der Waals surface area contributed by atoms with E-state index in [-0.39, 0.29) is 72.3 Å². The summed E-state index contributed by atoms with van der Waals surface area (Å²) >= 11 is 1.57. The number of carbonyl (C=O) groups excluding carboxylic acids is 3. The van der Waals surface area contributed by atoms with Crippen LogP contribution >= 0.6 is 11.8 Å². The first-order valence-corrected chi connectivity index (χ1v) is 10.3. The molecule has 6 heteroatoms. The molecule has 2 unspecified atom stereocenters. The number of thioether (sulfide) groups is 1. The Morgan fingerprint density at radius 3 is 2.07 bits per heavy atom. The minimum absolute atomic E-state index is 0. The van der Waals surface area contributed by atoms with E-state index in [4.69, 9.17) is 0 Å². The number of unbranched alkanes of at least 4 members (excludes halogenated alkanes) is 1. The van der Waals surface area contributed by atoms with E-state index in [2.05, 4.69) is 34.6 Å². The molecule has 2 atom stereocenters. The molecule has 0 saturated carbocycles. The molecule has 0 aromatic rings. The number of nitrogens with zero attached hydrogens (tertiary/aromatic N) is 1. The van der Waals surface area contributed by atoms with Crippen LogP contribution in [0.5, 0.6) is 0 Å². The Bertz CT molecular complexity index is 495. The summed E-state index contributed by atoms with van der Waals surface area (Å²) in [6.45, 7) is 19.9. The number of hydrogen-bond acceptors (Lipinski definition) is 4. The molecule has 2 amide bonds. The van der Waals surface area contributed by atoms with E-state index in [0.717, 1.165) is 25.0 Å². The Morgan fingerprint density at radius 2 is 1.74 bits per heavy atom. The van der Waals surface area contributed by atoms with Gasteiger partial charge in [0.25, 0.3) is 0 Å². The SMILES string of the molecule is [CH2-]C(CC(C)(C)C)C(=O)C(C)(C)C.[CH2-]CCCSC1CC(=O)N(C)C1=O.[Y]. The zero-order valence-corrected chi connectivity index (χ0v) is 21.9. The van der Waals surface area contributed by atoms with Gasteiger partial charge in [-0.05, 0) is 11.2 Å². The fourth-order valence-corrected chi connectivity index (χ4v) is 3.84. The number of likely N-dealkylation sites (tertiary alicyclic amines) is 1. The van der Waals surface area contributed by atoms with Gasteiger partial charge in [-0.3, -0.25) is 14.5 Å². The van der Waals surface area contributed by atoms with Crippen LogP contribution in [0.2, 0.25) is 0 Å². The van der Waals surface area contributed by atoms with E-state index in [1.165, 1.54) is 4.90 Å². The molecule has 0 aromatic heterocycles. The molecular formula is C21H37NO3SY-2. The van der Waals surface area contributed by atoms with E-state index in [1.807, 2.05) is 20.8 Å². The number of imide groups is 1. The van der Waals surface area contributed by atoms with Crippen LogP contribution in [0.4, 0.5) is 0 Å². The van der Waals surface area contributed by atoms with E-state index < -0.39 is 0 Å². The third-order valence-electron chi connectivity index (χ3n) is 4.02. The van der Waals surface area contributed by atoms with Crippen molar-refractivity contribution in [3.05, 3.63) is 13.8 Å². The van der Waals surface area contributed by atoms with Crippen molar-refractivity contribution >= 4 is 29.4 Å². The van der Waals surface area contributed by atoms with Gasteiger partial charge in [-0.25, -0.2) is 0 Å². The summed E-state index contributed by atoms with van der Waals surface area (Å²) in [5, 5.41) is -0.135. The van der Waals surface area contributed by atoms with Crippen molar-refractivity contribution in [3.8, 4) is 0 Å². The molecule has 0 spiro atoms. The number of rotatable bonds is 6. The van der Waals surface area contributed by atoms with Gasteiger partial charge in [-0.1, -0.05) is 54.4 Å². The van der Waals surface area contributed by atoms with Crippen LogP contribution < -0.4 is 0 Å². The van der Waals surface area contributed by atoms with Crippen molar-refractivity contribution in [2.45, 2.75) is 72.5 Å². The first-order chi connectivity index (χ1) is 11.7. The van der Waals surface area contributed by atoms with E-state index >= 15 is 0 Å². The summed E-state index contributed by atoms with van der Waals surface area (Å²) in [6, 6.07) is 0. The number of ketones is 1. The summed E-state index contributed by atoms with van der Waals surface area (Å²) in [6.07, 6.45) is 3.13. The van der Waals surface area contributed by atoms with Gasteiger partial charge in [0.05, 0.1) is 5.25 Å².